The summed E-state index contributed by atoms with van der Waals surface area (Å²) in [5, 5.41) is 12.3. The van der Waals surface area contributed by atoms with E-state index in [0.29, 0.717) is 17.2 Å². The molecule has 0 saturated heterocycles. The molecule has 0 spiro atoms. The molecular formula is C23H21NO3. The molecule has 3 aromatic carbocycles. The van der Waals surface area contributed by atoms with Gasteiger partial charge in [0.2, 0.25) is 0 Å². The van der Waals surface area contributed by atoms with Crippen LogP contribution < -0.4 is 5.32 Å². The minimum absolute atomic E-state index is 0.130. The normalized spacial score (nSPS) is 10.6. The van der Waals surface area contributed by atoms with Crippen molar-refractivity contribution in [3.63, 3.8) is 0 Å². The van der Waals surface area contributed by atoms with E-state index < -0.39 is 5.97 Å². The lowest BCUT2D eigenvalue weighted by Gasteiger charge is -2.12. The summed E-state index contributed by atoms with van der Waals surface area (Å²) in [6.45, 7) is 4.22. The predicted octanol–water partition coefficient (Wildman–Crippen LogP) is 5.43. The highest BCUT2D eigenvalue weighted by Crippen LogP contribution is 2.28. The van der Waals surface area contributed by atoms with Crippen molar-refractivity contribution in [3.8, 4) is 11.1 Å². The average molecular weight is 359 g/mol. The molecule has 136 valence electrons. The van der Waals surface area contributed by atoms with Crippen LogP contribution in [0.25, 0.3) is 11.1 Å². The molecule has 0 bridgehead atoms. The summed E-state index contributed by atoms with van der Waals surface area (Å²) in [6, 6.07) is 21.7. The summed E-state index contributed by atoms with van der Waals surface area (Å²) in [5.41, 5.74) is 3.93. The first kappa shape index (κ1) is 18.4. The monoisotopic (exact) mass is 359 g/mol. The van der Waals surface area contributed by atoms with Gasteiger partial charge in [-0.05, 0) is 52.9 Å². The maximum atomic E-state index is 12.4. The first-order chi connectivity index (χ1) is 12.9. The highest BCUT2D eigenvalue weighted by atomic mass is 16.4. The minimum Gasteiger partial charge on any atom is -0.478 e. The summed E-state index contributed by atoms with van der Waals surface area (Å²) in [7, 11) is 0. The standard InChI is InChI=1S/C23H21NO3/c1-15(2)17-9-6-10-18(11-17)19-12-20(23(26)27)14-21(13-19)24-22(25)16-7-4-3-5-8-16/h3-15H,1-2H3,(H,24,25)(H,26,27). The summed E-state index contributed by atoms with van der Waals surface area (Å²) < 4.78 is 0. The van der Waals surface area contributed by atoms with E-state index in [9.17, 15) is 14.7 Å². The van der Waals surface area contributed by atoms with Gasteiger partial charge in [-0.15, -0.1) is 0 Å². The maximum Gasteiger partial charge on any atom is 0.335 e. The molecule has 27 heavy (non-hydrogen) atoms. The first-order valence-electron chi connectivity index (χ1n) is 8.79. The largest absolute Gasteiger partial charge is 0.478 e. The van der Waals surface area contributed by atoms with Crippen molar-refractivity contribution in [2.24, 2.45) is 0 Å². The van der Waals surface area contributed by atoms with Gasteiger partial charge in [-0.3, -0.25) is 4.79 Å². The van der Waals surface area contributed by atoms with Crippen LogP contribution in [0.5, 0.6) is 0 Å². The van der Waals surface area contributed by atoms with E-state index in [-0.39, 0.29) is 11.5 Å². The predicted molar refractivity (Wildman–Crippen MR) is 107 cm³/mol. The number of hydrogen-bond donors (Lipinski definition) is 2. The van der Waals surface area contributed by atoms with E-state index in [0.717, 1.165) is 11.1 Å². The zero-order valence-electron chi connectivity index (χ0n) is 15.3. The van der Waals surface area contributed by atoms with Gasteiger partial charge in [0, 0.05) is 11.3 Å². The van der Waals surface area contributed by atoms with Crippen LogP contribution in [0.1, 0.15) is 46.0 Å². The number of amides is 1. The van der Waals surface area contributed by atoms with Crippen molar-refractivity contribution < 1.29 is 14.7 Å². The fourth-order valence-electron chi connectivity index (χ4n) is 2.86. The topological polar surface area (TPSA) is 66.4 Å². The number of rotatable bonds is 5. The molecule has 0 radical (unpaired) electrons. The van der Waals surface area contributed by atoms with E-state index in [1.807, 2.05) is 24.3 Å². The van der Waals surface area contributed by atoms with Gasteiger partial charge in [-0.2, -0.15) is 0 Å². The molecule has 0 aliphatic carbocycles. The van der Waals surface area contributed by atoms with Gasteiger partial charge in [0.05, 0.1) is 5.56 Å². The number of benzene rings is 3. The Morgan fingerprint density at radius 3 is 2.22 bits per heavy atom. The maximum absolute atomic E-state index is 12.4. The molecule has 0 heterocycles. The van der Waals surface area contributed by atoms with Crippen LogP contribution in [-0.2, 0) is 0 Å². The molecule has 0 atom stereocenters. The number of anilines is 1. The van der Waals surface area contributed by atoms with Crippen LogP contribution in [0.15, 0.2) is 72.8 Å². The highest BCUT2D eigenvalue weighted by molar-refractivity contribution is 6.05. The van der Waals surface area contributed by atoms with E-state index >= 15 is 0 Å². The van der Waals surface area contributed by atoms with Crippen LogP contribution >= 0.6 is 0 Å². The number of carbonyl (C=O) groups is 2. The lowest BCUT2D eigenvalue weighted by atomic mass is 9.96. The van der Waals surface area contributed by atoms with Gasteiger partial charge < -0.3 is 10.4 Å². The number of hydrogen-bond acceptors (Lipinski definition) is 2. The van der Waals surface area contributed by atoms with Crippen LogP contribution in [-0.4, -0.2) is 17.0 Å². The molecule has 0 aromatic heterocycles. The Morgan fingerprint density at radius 2 is 1.56 bits per heavy atom. The molecule has 0 saturated carbocycles. The zero-order valence-corrected chi connectivity index (χ0v) is 15.3. The molecule has 3 rings (SSSR count). The van der Waals surface area contributed by atoms with Gasteiger partial charge in [-0.1, -0.05) is 56.3 Å². The van der Waals surface area contributed by atoms with Gasteiger partial charge in [-0.25, -0.2) is 4.79 Å². The van der Waals surface area contributed by atoms with Crippen molar-refractivity contribution in [2.75, 3.05) is 5.32 Å². The molecule has 1 amide bonds. The number of aromatic carboxylic acids is 1. The van der Waals surface area contributed by atoms with Crippen molar-refractivity contribution in [1.29, 1.82) is 0 Å². The lowest BCUT2D eigenvalue weighted by molar-refractivity contribution is 0.0696. The molecule has 0 aliphatic heterocycles. The molecule has 4 heteroatoms. The smallest absolute Gasteiger partial charge is 0.335 e. The number of nitrogens with one attached hydrogen (secondary N) is 1. The fraction of sp³-hybridized carbons (Fsp3) is 0.130. The number of carboxylic acid groups (broad SMARTS) is 1. The second-order valence-corrected chi connectivity index (χ2v) is 6.70. The van der Waals surface area contributed by atoms with E-state index in [1.165, 1.54) is 11.6 Å². The Kier molecular flexibility index (Phi) is 5.36. The zero-order chi connectivity index (χ0) is 19.4. The van der Waals surface area contributed by atoms with E-state index in [1.54, 1.807) is 36.4 Å². The van der Waals surface area contributed by atoms with Gasteiger partial charge >= 0.3 is 5.97 Å². The Labute approximate surface area is 158 Å². The number of carbonyl (C=O) groups excluding carboxylic acids is 1. The molecule has 3 aromatic rings. The van der Waals surface area contributed by atoms with Gasteiger partial charge in [0.15, 0.2) is 0 Å². The Morgan fingerprint density at radius 1 is 0.815 bits per heavy atom. The molecule has 0 unspecified atom stereocenters. The van der Waals surface area contributed by atoms with Crippen LogP contribution in [0.2, 0.25) is 0 Å². The SMILES string of the molecule is CC(C)c1cccc(-c2cc(NC(=O)c3ccccc3)cc(C(=O)O)c2)c1. The third kappa shape index (κ3) is 4.42. The molecule has 0 aliphatic rings. The van der Waals surface area contributed by atoms with E-state index in [4.69, 9.17) is 0 Å². The quantitative estimate of drug-likeness (QED) is 0.638. The van der Waals surface area contributed by atoms with Gasteiger partial charge in [0.1, 0.15) is 0 Å². The Balaban J connectivity index is 1.99. The fourth-order valence-corrected chi connectivity index (χ4v) is 2.86. The van der Waals surface area contributed by atoms with Crippen molar-refractivity contribution in [1.82, 2.24) is 0 Å². The third-order valence-electron chi connectivity index (χ3n) is 4.36. The van der Waals surface area contributed by atoms with Crippen molar-refractivity contribution in [3.05, 3.63) is 89.5 Å². The summed E-state index contributed by atoms with van der Waals surface area (Å²) in [6.07, 6.45) is 0. The van der Waals surface area contributed by atoms with Crippen LogP contribution in [0.4, 0.5) is 5.69 Å². The lowest BCUT2D eigenvalue weighted by Crippen LogP contribution is -2.12. The summed E-state index contributed by atoms with van der Waals surface area (Å²) >= 11 is 0. The molecule has 0 fully saturated rings. The van der Waals surface area contributed by atoms with Crippen molar-refractivity contribution >= 4 is 17.6 Å². The van der Waals surface area contributed by atoms with Crippen LogP contribution in [0.3, 0.4) is 0 Å². The summed E-state index contributed by atoms with van der Waals surface area (Å²) in [4.78, 5) is 24.0. The Bertz CT molecular complexity index is 978. The second kappa shape index (κ2) is 7.87. The van der Waals surface area contributed by atoms with Gasteiger partial charge in [0.25, 0.3) is 5.91 Å². The third-order valence-corrected chi connectivity index (χ3v) is 4.36. The second-order valence-electron chi connectivity index (χ2n) is 6.70. The highest BCUT2D eigenvalue weighted by Gasteiger charge is 2.12. The molecular weight excluding hydrogens is 338 g/mol. The van der Waals surface area contributed by atoms with Crippen LogP contribution in [0, 0.1) is 0 Å². The number of carboxylic acids is 1. The minimum atomic E-state index is -1.04. The molecule has 2 N–H and O–H groups in total. The Hall–Kier alpha value is -3.40. The van der Waals surface area contributed by atoms with E-state index in [2.05, 4.69) is 25.2 Å². The van der Waals surface area contributed by atoms with Crippen molar-refractivity contribution in [2.45, 2.75) is 19.8 Å². The first-order valence-corrected chi connectivity index (χ1v) is 8.79. The summed E-state index contributed by atoms with van der Waals surface area (Å²) in [5.74, 6) is -0.947. The average Bonchev–Trinajstić information content (AvgIpc) is 2.68. The molecule has 4 nitrogen and oxygen atoms in total.